The lowest BCUT2D eigenvalue weighted by molar-refractivity contribution is -0.116. The van der Waals surface area contributed by atoms with Gasteiger partial charge in [0.05, 0.1) is 5.69 Å². The number of hydrogen-bond acceptors (Lipinski definition) is 3. The van der Waals surface area contributed by atoms with E-state index < -0.39 is 0 Å². The SMILES string of the molecule is NCCC(=O)Nc1cccc(-c2ccccc2)n1. The van der Waals surface area contributed by atoms with Crippen molar-refractivity contribution in [1.29, 1.82) is 0 Å². The zero-order valence-electron chi connectivity index (χ0n) is 9.97. The van der Waals surface area contributed by atoms with Crippen molar-refractivity contribution in [2.75, 3.05) is 11.9 Å². The van der Waals surface area contributed by atoms with E-state index in [0.29, 0.717) is 18.8 Å². The van der Waals surface area contributed by atoms with E-state index in [-0.39, 0.29) is 5.91 Å². The van der Waals surface area contributed by atoms with Crippen LogP contribution >= 0.6 is 0 Å². The van der Waals surface area contributed by atoms with Crippen LogP contribution in [-0.4, -0.2) is 17.4 Å². The van der Waals surface area contributed by atoms with E-state index >= 15 is 0 Å². The number of amides is 1. The maximum Gasteiger partial charge on any atom is 0.226 e. The molecule has 1 aromatic heterocycles. The van der Waals surface area contributed by atoms with E-state index in [4.69, 9.17) is 5.73 Å². The molecule has 92 valence electrons. The van der Waals surface area contributed by atoms with Crippen molar-refractivity contribution >= 4 is 11.7 Å². The quantitative estimate of drug-likeness (QED) is 0.860. The van der Waals surface area contributed by atoms with Gasteiger partial charge in [0.15, 0.2) is 0 Å². The monoisotopic (exact) mass is 241 g/mol. The Labute approximate surface area is 106 Å². The first kappa shape index (κ1) is 12.3. The Kier molecular flexibility index (Phi) is 4.04. The van der Waals surface area contributed by atoms with E-state index in [1.54, 1.807) is 6.07 Å². The minimum absolute atomic E-state index is 0.116. The molecule has 0 bridgehead atoms. The summed E-state index contributed by atoms with van der Waals surface area (Å²) < 4.78 is 0. The molecule has 1 amide bonds. The lowest BCUT2D eigenvalue weighted by atomic mass is 10.1. The molecule has 0 aliphatic carbocycles. The molecule has 3 N–H and O–H groups in total. The highest BCUT2D eigenvalue weighted by molar-refractivity contribution is 5.90. The minimum Gasteiger partial charge on any atom is -0.330 e. The van der Waals surface area contributed by atoms with Crippen LogP contribution in [0.25, 0.3) is 11.3 Å². The number of nitrogens with two attached hydrogens (primary N) is 1. The molecular weight excluding hydrogens is 226 g/mol. The number of pyridine rings is 1. The van der Waals surface area contributed by atoms with Gasteiger partial charge in [-0.2, -0.15) is 0 Å². The van der Waals surface area contributed by atoms with Crippen molar-refractivity contribution in [2.24, 2.45) is 5.73 Å². The molecule has 0 spiro atoms. The van der Waals surface area contributed by atoms with Gasteiger partial charge in [-0.3, -0.25) is 4.79 Å². The zero-order chi connectivity index (χ0) is 12.8. The second-order valence-electron chi connectivity index (χ2n) is 3.86. The van der Waals surface area contributed by atoms with Gasteiger partial charge in [-0.1, -0.05) is 36.4 Å². The first-order chi connectivity index (χ1) is 8.79. The van der Waals surface area contributed by atoms with Gasteiger partial charge in [-0.25, -0.2) is 4.98 Å². The molecule has 0 saturated heterocycles. The second kappa shape index (κ2) is 5.93. The third-order valence-electron chi connectivity index (χ3n) is 2.46. The number of nitrogens with zero attached hydrogens (tertiary/aromatic N) is 1. The van der Waals surface area contributed by atoms with Gasteiger partial charge in [-0.05, 0) is 12.1 Å². The Morgan fingerprint density at radius 2 is 1.89 bits per heavy atom. The van der Waals surface area contributed by atoms with Crippen LogP contribution in [0.5, 0.6) is 0 Å². The molecule has 0 atom stereocenters. The molecule has 0 radical (unpaired) electrons. The number of nitrogens with one attached hydrogen (secondary N) is 1. The summed E-state index contributed by atoms with van der Waals surface area (Å²) in [7, 11) is 0. The van der Waals surface area contributed by atoms with Crippen LogP contribution in [0.15, 0.2) is 48.5 Å². The molecule has 0 aliphatic rings. The lowest BCUT2D eigenvalue weighted by Crippen LogP contribution is -2.16. The number of anilines is 1. The Morgan fingerprint density at radius 3 is 2.61 bits per heavy atom. The summed E-state index contributed by atoms with van der Waals surface area (Å²) in [5.41, 5.74) is 7.18. The van der Waals surface area contributed by atoms with Crippen LogP contribution < -0.4 is 11.1 Å². The fourth-order valence-electron chi connectivity index (χ4n) is 1.61. The Balaban J connectivity index is 2.18. The molecule has 1 heterocycles. The van der Waals surface area contributed by atoms with Crippen LogP contribution in [0.2, 0.25) is 0 Å². The standard InChI is InChI=1S/C14H15N3O/c15-10-9-14(18)17-13-8-4-7-12(16-13)11-5-2-1-3-6-11/h1-8H,9-10,15H2,(H,16,17,18). The van der Waals surface area contributed by atoms with Crippen molar-refractivity contribution in [3.63, 3.8) is 0 Å². The molecule has 4 heteroatoms. The van der Waals surface area contributed by atoms with Crippen molar-refractivity contribution < 1.29 is 4.79 Å². The fraction of sp³-hybridized carbons (Fsp3) is 0.143. The fourth-order valence-corrected chi connectivity index (χ4v) is 1.61. The molecule has 0 unspecified atom stereocenters. The summed E-state index contributed by atoms with van der Waals surface area (Å²) >= 11 is 0. The molecule has 18 heavy (non-hydrogen) atoms. The molecule has 0 aliphatic heterocycles. The van der Waals surface area contributed by atoms with Gasteiger partial charge in [0.1, 0.15) is 5.82 Å². The van der Waals surface area contributed by atoms with Gasteiger partial charge in [0.25, 0.3) is 0 Å². The first-order valence-electron chi connectivity index (χ1n) is 5.82. The Morgan fingerprint density at radius 1 is 1.11 bits per heavy atom. The Hall–Kier alpha value is -2.20. The summed E-state index contributed by atoms with van der Waals surface area (Å²) in [5, 5.41) is 2.72. The topological polar surface area (TPSA) is 68.0 Å². The Bertz CT molecular complexity index is 526. The normalized spacial score (nSPS) is 10.1. The summed E-state index contributed by atoms with van der Waals surface area (Å²) in [6.07, 6.45) is 0.303. The van der Waals surface area contributed by atoms with Crippen LogP contribution in [0.1, 0.15) is 6.42 Å². The molecular formula is C14H15N3O. The van der Waals surface area contributed by atoms with Crippen LogP contribution in [0.3, 0.4) is 0 Å². The van der Waals surface area contributed by atoms with Crippen molar-refractivity contribution in [3.05, 3.63) is 48.5 Å². The molecule has 2 aromatic rings. The first-order valence-corrected chi connectivity index (χ1v) is 5.82. The third-order valence-corrected chi connectivity index (χ3v) is 2.46. The predicted molar refractivity (Wildman–Crippen MR) is 72.0 cm³/mol. The van der Waals surface area contributed by atoms with E-state index in [1.165, 1.54) is 0 Å². The molecule has 4 nitrogen and oxygen atoms in total. The number of carbonyl (C=O) groups is 1. The third kappa shape index (κ3) is 3.15. The number of carbonyl (C=O) groups excluding carboxylic acids is 1. The average Bonchev–Trinajstić information content (AvgIpc) is 2.40. The van der Waals surface area contributed by atoms with Crippen LogP contribution in [-0.2, 0) is 4.79 Å². The molecule has 1 aromatic carbocycles. The van der Waals surface area contributed by atoms with Crippen molar-refractivity contribution in [1.82, 2.24) is 4.98 Å². The van der Waals surface area contributed by atoms with Crippen LogP contribution in [0, 0.1) is 0 Å². The second-order valence-corrected chi connectivity index (χ2v) is 3.86. The summed E-state index contributed by atoms with van der Waals surface area (Å²) in [6, 6.07) is 15.4. The van der Waals surface area contributed by atoms with Gasteiger partial charge in [-0.15, -0.1) is 0 Å². The maximum atomic E-state index is 11.4. The van der Waals surface area contributed by atoms with Crippen molar-refractivity contribution in [2.45, 2.75) is 6.42 Å². The van der Waals surface area contributed by atoms with E-state index in [9.17, 15) is 4.79 Å². The molecule has 0 saturated carbocycles. The average molecular weight is 241 g/mol. The number of benzene rings is 1. The summed E-state index contributed by atoms with van der Waals surface area (Å²) in [5.74, 6) is 0.435. The van der Waals surface area contributed by atoms with E-state index in [2.05, 4.69) is 10.3 Å². The predicted octanol–water partition coefficient (Wildman–Crippen LogP) is 2.04. The van der Waals surface area contributed by atoms with Crippen molar-refractivity contribution in [3.8, 4) is 11.3 Å². The van der Waals surface area contributed by atoms with Gasteiger partial charge < -0.3 is 11.1 Å². The summed E-state index contributed by atoms with van der Waals surface area (Å²) in [6.45, 7) is 0.338. The number of aromatic nitrogens is 1. The van der Waals surface area contributed by atoms with Crippen LogP contribution in [0.4, 0.5) is 5.82 Å². The zero-order valence-corrected chi connectivity index (χ0v) is 9.97. The van der Waals surface area contributed by atoms with Gasteiger partial charge in [0.2, 0.25) is 5.91 Å². The smallest absolute Gasteiger partial charge is 0.226 e. The highest BCUT2D eigenvalue weighted by Gasteiger charge is 2.03. The van der Waals surface area contributed by atoms with Gasteiger partial charge >= 0.3 is 0 Å². The number of hydrogen-bond donors (Lipinski definition) is 2. The van der Waals surface area contributed by atoms with E-state index in [0.717, 1.165) is 11.3 Å². The lowest BCUT2D eigenvalue weighted by Gasteiger charge is -2.06. The van der Waals surface area contributed by atoms with Gasteiger partial charge in [0, 0.05) is 18.5 Å². The largest absolute Gasteiger partial charge is 0.330 e. The molecule has 0 fully saturated rings. The maximum absolute atomic E-state index is 11.4. The molecule has 2 rings (SSSR count). The van der Waals surface area contributed by atoms with E-state index in [1.807, 2.05) is 42.5 Å². The highest BCUT2D eigenvalue weighted by Crippen LogP contribution is 2.18. The highest BCUT2D eigenvalue weighted by atomic mass is 16.1. The summed E-state index contributed by atoms with van der Waals surface area (Å²) in [4.78, 5) is 15.8. The number of rotatable bonds is 4. The minimum atomic E-state index is -0.116.